The molecule has 0 aliphatic carbocycles. The summed E-state index contributed by atoms with van der Waals surface area (Å²) in [5.74, 6) is -0.822. The van der Waals surface area contributed by atoms with Crippen LogP contribution < -0.4 is 20.3 Å². The van der Waals surface area contributed by atoms with Gasteiger partial charge in [0, 0.05) is 92.7 Å². The molecule has 0 saturated carbocycles. The lowest BCUT2D eigenvalue weighted by Gasteiger charge is -2.38. The van der Waals surface area contributed by atoms with Crippen LogP contribution in [0, 0.1) is 11.7 Å². The van der Waals surface area contributed by atoms with Gasteiger partial charge < -0.3 is 25.2 Å². The fourth-order valence-corrected chi connectivity index (χ4v) is 5.88. The van der Waals surface area contributed by atoms with Crippen molar-refractivity contribution in [3.05, 3.63) is 48.0 Å². The third-order valence-electron chi connectivity index (χ3n) is 7.65. The third kappa shape index (κ3) is 5.39. The van der Waals surface area contributed by atoms with Crippen LogP contribution in [-0.4, -0.2) is 81.8 Å². The first-order valence-electron chi connectivity index (χ1n) is 13.8. The third-order valence-corrected chi connectivity index (χ3v) is 7.65. The van der Waals surface area contributed by atoms with Gasteiger partial charge in [0.05, 0.1) is 17.7 Å². The molecule has 2 aromatic heterocycles. The summed E-state index contributed by atoms with van der Waals surface area (Å²) in [7, 11) is 3.49. The number of benzene rings is 2. The summed E-state index contributed by atoms with van der Waals surface area (Å²) < 4.78 is 22.2. The topological polar surface area (TPSA) is 118 Å². The number of nitrogens with one attached hydrogen (secondary N) is 2. The van der Waals surface area contributed by atoms with Crippen molar-refractivity contribution >= 4 is 45.0 Å². The van der Waals surface area contributed by atoms with Gasteiger partial charge in [0.1, 0.15) is 5.52 Å². The molecule has 0 spiro atoms. The SMILES string of the molecule is CC1CN(c2ccc(C(=O)Nc3cc(F)c4nn(C)cc4c3)c3nc(OCC4CC(=O)N(C)C4)ncc23)CC(C)N1. The van der Waals surface area contributed by atoms with Crippen LogP contribution in [0.25, 0.3) is 21.8 Å². The number of carbonyl (C=O) groups is 2. The molecule has 3 unspecified atom stereocenters. The van der Waals surface area contributed by atoms with Gasteiger partial charge in [-0.05, 0) is 38.1 Å². The molecule has 3 atom stereocenters. The highest BCUT2D eigenvalue weighted by molar-refractivity contribution is 6.14. The molecule has 2 amide bonds. The van der Waals surface area contributed by atoms with E-state index in [1.807, 2.05) is 6.07 Å². The van der Waals surface area contributed by atoms with Gasteiger partial charge in [-0.3, -0.25) is 14.3 Å². The number of hydrogen-bond donors (Lipinski definition) is 2. The standard InChI is InChI=1S/C29H33FN8O3/c1-16-11-38(12-17(2)32-16)24-6-5-21(28(40)33-20-8-19-14-37(4)35-26(19)23(30)9-20)27-22(24)10-31-29(34-27)41-15-18-7-25(39)36(3)13-18/h5-6,8-10,14,16-18,32H,7,11-13,15H2,1-4H3,(H,33,40). The minimum Gasteiger partial charge on any atom is -0.463 e. The zero-order chi connectivity index (χ0) is 28.8. The first-order chi connectivity index (χ1) is 19.6. The van der Waals surface area contributed by atoms with E-state index in [0.29, 0.717) is 41.7 Å². The summed E-state index contributed by atoms with van der Waals surface area (Å²) in [6.07, 6.45) is 3.80. The van der Waals surface area contributed by atoms with Gasteiger partial charge in [0.25, 0.3) is 5.91 Å². The maximum Gasteiger partial charge on any atom is 0.316 e. The summed E-state index contributed by atoms with van der Waals surface area (Å²) in [5, 5.41) is 11.8. The molecule has 2 aromatic carbocycles. The molecule has 4 aromatic rings. The number of fused-ring (bicyclic) bond motifs is 2. The van der Waals surface area contributed by atoms with E-state index in [2.05, 4.69) is 44.4 Å². The average molecular weight is 561 g/mol. The number of rotatable bonds is 6. The van der Waals surface area contributed by atoms with Gasteiger partial charge in [0.15, 0.2) is 5.82 Å². The molecule has 41 heavy (non-hydrogen) atoms. The van der Waals surface area contributed by atoms with Gasteiger partial charge in [-0.15, -0.1) is 0 Å². The van der Waals surface area contributed by atoms with E-state index in [4.69, 9.17) is 4.74 Å². The van der Waals surface area contributed by atoms with E-state index in [1.165, 1.54) is 10.7 Å². The van der Waals surface area contributed by atoms with Gasteiger partial charge in [0.2, 0.25) is 5.91 Å². The van der Waals surface area contributed by atoms with Crippen molar-refractivity contribution in [3.8, 4) is 6.01 Å². The number of aromatic nitrogens is 4. The number of nitrogens with zero attached hydrogens (tertiary/aromatic N) is 6. The van der Waals surface area contributed by atoms with Gasteiger partial charge in [-0.25, -0.2) is 9.37 Å². The Morgan fingerprint density at radius 1 is 1.15 bits per heavy atom. The van der Waals surface area contributed by atoms with Crippen LogP contribution in [0.15, 0.2) is 36.7 Å². The number of anilines is 2. The Labute approximate surface area is 236 Å². The van der Waals surface area contributed by atoms with Crippen molar-refractivity contribution in [1.82, 2.24) is 30.0 Å². The molecule has 6 rings (SSSR count). The van der Waals surface area contributed by atoms with Gasteiger partial charge in [-0.2, -0.15) is 10.1 Å². The Kier molecular flexibility index (Phi) is 6.94. The highest BCUT2D eigenvalue weighted by atomic mass is 19.1. The Hall–Kier alpha value is -4.32. The predicted molar refractivity (Wildman–Crippen MR) is 154 cm³/mol. The normalized spacial score (nSPS) is 21.2. The lowest BCUT2D eigenvalue weighted by molar-refractivity contribution is -0.126. The minimum atomic E-state index is -0.519. The maximum atomic E-state index is 14.7. The summed E-state index contributed by atoms with van der Waals surface area (Å²) in [6.45, 7) is 6.76. The largest absolute Gasteiger partial charge is 0.463 e. The number of amides is 2. The fraction of sp³-hybridized carbons (Fsp3) is 0.414. The van der Waals surface area contributed by atoms with Crippen LogP contribution in [0.2, 0.25) is 0 Å². The molecule has 2 N–H and O–H groups in total. The number of hydrogen-bond acceptors (Lipinski definition) is 8. The molecule has 2 aliphatic rings. The molecule has 4 heterocycles. The Balaban J connectivity index is 1.34. The fourth-order valence-electron chi connectivity index (χ4n) is 5.88. The quantitative estimate of drug-likeness (QED) is 0.370. The second-order valence-corrected chi connectivity index (χ2v) is 11.2. The van der Waals surface area contributed by atoms with E-state index in [1.54, 1.807) is 43.5 Å². The van der Waals surface area contributed by atoms with Gasteiger partial charge in [-0.1, -0.05) is 0 Å². The molecule has 2 saturated heterocycles. The molecular weight excluding hydrogens is 527 g/mol. The first-order valence-corrected chi connectivity index (χ1v) is 13.8. The summed E-state index contributed by atoms with van der Waals surface area (Å²) in [6, 6.07) is 7.30. The second-order valence-electron chi connectivity index (χ2n) is 11.2. The van der Waals surface area contributed by atoms with Crippen LogP contribution in [-0.2, 0) is 11.8 Å². The molecule has 12 heteroatoms. The van der Waals surface area contributed by atoms with Crippen molar-refractivity contribution in [2.75, 3.05) is 43.5 Å². The lowest BCUT2D eigenvalue weighted by Crippen LogP contribution is -2.54. The molecule has 214 valence electrons. The van der Waals surface area contributed by atoms with E-state index in [9.17, 15) is 14.0 Å². The van der Waals surface area contributed by atoms with E-state index in [-0.39, 0.29) is 35.4 Å². The van der Waals surface area contributed by atoms with Crippen LogP contribution in [0.5, 0.6) is 6.01 Å². The first kappa shape index (κ1) is 26.9. The summed E-state index contributed by atoms with van der Waals surface area (Å²) >= 11 is 0. The van der Waals surface area contributed by atoms with Crippen LogP contribution in [0.1, 0.15) is 30.6 Å². The molecule has 0 bridgehead atoms. The number of aryl methyl sites for hydroxylation is 1. The van der Waals surface area contributed by atoms with Crippen molar-refractivity contribution in [1.29, 1.82) is 0 Å². The van der Waals surface area contributed by atoms with Crippen LogP contribution >= 0.6 is 0 Å². The van der Waals surface area contributed by atoms with Crippen LogP contribution in [0.4, 0.5) is 15.8 Å². The zero-order valence-corrected chi connectivity index (χ0v) is 23.5. The zero-order valence-electron chi connectivity index (χ0n) is 23.5. The Morgan fingerprint density at radius 2 is 1.93 bits per heavy atom. The lowest BCUT2D eigenvalue weighted by atomic mass is 10.0. The molecule has 0 radical (unpaired) electrons. The Morgan fingerprint density at radius 3 is 2.66 bits per heavy atom. The number of halogens is 1. The smallest absolute Gasteiger partial charge is 0.316 e. The molecule has 11 nitrogen and oxygen atoms in total. The molecule has 2 fully saturated rings. The Bertz CT molecular complexity index is 1650. The summed E-state index contributed by atoms with van der Waals surface area (Å²) in [5.41, 5.74) is 2.23. The number of ether oxygens (including phenoxy) is 1. The van der Waals surface area contributed by atoms with Gasteiger partial charge >= 0.3 is 6.01 Å². The average Bonchev–Trinajstić information content (AvgIpc) is 3.46. The highest BCUT2D eigenvalue weighted by Crippen LogP contribution is 2.32. The van der Waals surface area contributed by atoms with Crippen LogP contribution in [0.3, 0.4) is 0 Å². The van der Waals surface area contributed by atoms with Crippen molar-refractivity contribution in [3.63, 3.8) is 0 Å². The van der Waals surface area contributed by atoms with E-state index in [0.717, 1.165) is 24.2 Å². The number of carbonyl (C=O) groups excluding carboxylic acids is 2. The molecular formula is C29H33FN8O3. The van der Waals surface area contributed by atoms with Crippen molar-refractivity contribution < 1.29 is 18.7 Å². The van der Waals surface area contributed by atoms with Crippen molar-refractivity contribution in [2.45, 2.75) is 32.4 Å². The van der Waals surface area contributed by atoms with E-state index < -0.39 is 11.7 Å². The predicted octanol–water partition coefficient (Wildman–Crippen LogP) is 2.95. The van der Waals surface area contributed by atoms with E-state index >= 15 is 0 Å². The highest BCUT2D eigenvalue weighted by Gasteiger charge is 2.28. The second kappa shape index (κ2) is 10.6. The summed E-state index contributed by atoms with van der Waals surface area (Å²) in [4.78, 5) is 38.6. The van der Waals surface area contributed by atoms with Crippen molar-refractivity contribution in [2.24, 2.45) is 13.0 Å². The number of piperazine rings is 1. The monoisotopic (exact) mass is 560 g/mol. The maximum absolute atomic E-state index is 14.7. The number of likely N-dealkylation sites (tertiary alicyclic amines) is 1. The molecule has 2 aliphatic heterocycles. The minimum absolute atomic E-state index is 0.0435.